The van der Waals surface area contributed by atoms with E-state index in [-0.39, 0.29) is 18.3 Å². The Hall–Kier alpha value is -3.22. The maximum absolute atomic E-state index is 13.2. The van der Waals surface area contributed by atoms with Gasteiger partial charge in [0, 0.05) is 57.5 Å². The molecule has 2 aromatic rings. The lowest BCUT2D eigenvalue weighted by atomic mass is 9.67. The fourth-order valence-electron chi connectivity index (χ4n) is 4.76. The third-order valence-corrected chi connectivity index (χ3v) is 6.38. The van der Waals surface area contributed by atoms with Gasteiger partial charge >= 0.3 is 6.18 Å². The molecule has 0 atom stereocenters. The highest BCUT2D eigenvalue weighted by molar-refractivity contribution is 5.88. The van der Waals surface area contributed by atoms with Gasteiger partial charge in [-0.3, -0.25) is 9.59 Å². The van der Waals surface area contributed by atoms with Crippen molar-refractivity contribution >= 4 is 17.7 Å². The van der Waals surface area contributed by atoms with Crippen LogP contribution in [-0.4, -0.2) is 74.9 Å². The minimum Gasteiger partial charge on any atom is -0.363 e. The number of carbonyl (C=O) groups excluding carboxylic acids is 1. The summed E-state index contributed by atoms with van der Waals surface area (Å²) in [5.74, 6) is 0.397. The highest BCUT2D eigenvalue weighted by Gasteiger charge is 2.67. The lowest BCUT2D eigenvalue weighted by Crippen LogP contribution is -2.63. The van der Waals surface area contributed by atoms with Gasteiger partial charge in [-0.15, -0.1) is 0 Å². The number of nitrogens with one attached hydrogen (secondary N) is 2. The number of aryl methyl sites for hydroxylation is 1. The Kier molecular flexibility index (Phi) is 4.85. The normalized spacial score (nSPS) is 26.8. The van der Waals surface area contributed by atoms with Crippen molar-refractivity contribution in [3.05, 3.63) is 39.9 Å². The van der Waals surface area contributed by atoms with Gasteiger partial charge in [0.2, 0.25) is 5.95 Å². The van der Waals surface area contributed by atoms with Gasteiger partial charge in [0.15, 0.2) is 5.60 Å². The zero-order valence-electron chi connectivity index (χ0n) is 17.8. The Morgan fingerprint density at radius 2 is 1.85 bits per heavy atom. The minimum absolute atomic E-state index is 0.111. The Morgan fingerprint density at radius 1 is 1.18 bits per heavy atom. The van der Waals surface area contributed by atoms with Gasteiger partial charge in [-0.1, -0.05) is 0 Å². The summed E-state index contributed by atoms with van der Waals surface area (Å²) in [7, 11) is 0. The molecule has 2 aromatic heterocycles. The van der Waals surface area contributed by atoms with Crippen LogP contribution in [0.1, 0.15) is 24.0 Å². The van der Waals surface area contributed by atoms with Crippen molar-refractivity contribution in [2.75, 3.05) is 43.0 Å². The van der Waals surface area contributed by atoms with E-state index in [0.717, 1.165) is 5.56 Å². The Labute approximate surface area is 186 Å². The molecule has 6 rings (SSSR count). The molecule has 0 radical (unpaired) electrons. The van der Waals surface area contributed by atoms with Crippen LogP contribution in [0.5, 0.6) is 0 Å². The maximum atomic E-state index is 13.2. The molecular weight excluding hydrogens is 443 g/mol. The van der Waals surface area contributed by atoms with Crippen molar-refractivity contribution in [2.45, 2.75) is 37.1 Å². The first-order chi connectivity index (χ1) is 15.6. The van der Waals surface area contributed by atoms with Crippen molar-refractivity contribution in [1.29, 1.82) is 0 Å². The van der Waals surface area contributed by atoms with E-state index in [9.17, 15) is 22.8 Å². The van der Waals surface area contributed by atoms with Crippen molar-refractivity contribution in [3.8, 4) is 0 Å². The Bertz CT molecular complexity index is 1120. The molecule has 176 valence electrons. The standard InChI is InChI=1S/C20H22F3N7O3/c1-12-7-24-17(25-8-12)30-4-2-29(3-5-30)16(32)19-9-18(10-19,11-33-19)26-14-6-13(20(21,22)23)15(31)28-27-14/h6-8H,2-5,9-11H2,1H3,(H,26,27)(H,28,31)/t18-,19-. The van der Waals surface area contributed by atoms with Gasteiger partial charge in [0.05, 0.1) is 12.1 Å². The molecule has 1 saturated carbocycles. The van der Waals surface area contributed by atoms with E-state index in [2.05, 4.69) is 20.4 Å². The molecule has 0 spiro atoms. The topological polar surface area (TPSA) is 116 Å². The average Bonchev–Trinajstić information content (AvgIpc) is 3.31. The summed E-state index contributed by atoms with van der Waals surface area (Å²) in [6, 6.07) is 0.681. The first kappa shape index (κ1) is 21.6. The molecule has 2 bridgehead atoms. The molecule has 3 aliphatic heterocycles. The van der Waals surface area contributed by atoms with E-state index < -0.39 is 28.4 Å². The smallest absolute Gasteiger partial charge is 0.363 e. The van der Waals surface area contributed by atoms with Crippen LogP contribution in [0.15, 0.2) is 23.3 Å². The quantitative estimate of drug-likeness (QED) is 0.686. The maximum Gasteiger partial charge on any atom is 0.421 e. The number of aromatic nitrogens is 4. The Morgan fingerprint density at radius 3 is 2.48 bits per heavy atom. The number of anilines is 2. The number of hydrogen-bond donors (Lipinski definition) is 2. The molecule has 1 aliphatic carbocycles. The monoisotopic (exact) mass is 465 g/mol. The second-order valence-electron chi connectivity index (χ2n) is 8.88. The number of fused-ring (bicyclic) bond motifs is 1. The zero-order valence-corrected chi connectivity index (χ0v) is 17.8. The number of nitrogens with zero attached hydrogens (tertiary/aromatic N) is 5. The average molecular weight is 465 g/mol. The number of hydrogen-bond acceptors (Lipinski definition) is 8. The van der Waals surface area contributed by atoms with E-state index in [0.29, 0.717) is 51.0 Å². The molecule has 2 N–H and O–H groups in total. The molecule has 4 aliphatic rings. The molecule has 3 saturated heterocycles. The fourth-order valence-corrected chi connectivity index (χ4v) is 4.76. The number of H-pyrrole nitrogens is 1. The highest BCUT2D eigenvalue weighted by Crippen LogP contribution is 2.54. The molecule has 33 heavy (non-hydrogen) atoms. The first-order valence-electron chi connectivity index (χ1n) is 10.5. The largest absolute Gasteiger partial charge is 0.421 e. The van der Waals surface area contributed by atoms with Gasteiger partial charge in [-0.25, -0.2) is 15.1 Å². The molecule has 10 nitrogen and oxygen atoms in total. The lowest BCUT2D eigenvalue weighted by Gasteiger charge is -2.47. The molecule has 13 heteroatoms. The third-order valence-electron chi connectivity index (χ3n) is 6.38. The summed E-state index contributed by atoms with van der Waals surface area (Å²) in [5.41, 5.74) is -3.33. The minimum atomic E-state index is -4.79. The van der Waals surface area contributed by atoms with E-state index >= 15 is 0 Å². The molecular formula is C20H22F3N7O3. The number of aromatic amines is 1. The molecule has 0 aromatic carbocycles. The van der Waals surface area contributed by atoms with Crippen LogP contribution in [0.4, 0.5) is 24.9 Å². The van der Waals surface area contributed by atoms with Crippen LogP contribution in [0.3, 0.4) is 0 Å². The predicted octanol–water partition coefficient (Wildman–Crippen LogP) is 0.949. The summed E-state index contributed by atoms with van der Waals surface area (Å²) in [6.45, 7) is 4.26. The lowest BCUT2D eigenvalue weighted by molar-refractivity contribution is -0.155. The van der Waals surface area contributed by atoms with Crippen LogP contribution in [0.2, 0.25) is 0 Å². The van der Waals surface area contributed by atoms with Gasteiger partial charge in [0.1, 0.15) is 11.4 Å². The number of carbonyl (C=O) groups is 1. The summed E-state index contributed by atoms with van der Waals surface area (Å²) in [6.07, 6.45) is -0.644. The van der Waals surface area contributed by atoms with Gasteiger partial charge in [-0.05, 0) is 12.5 Å². The summed E-state index contributed by atoms with van der Waals surface area (Å²) in [5, 5.41) is 8.47. The Balaban J connectivity index is 1.21. The van der Waals surface area contributed by atoms with Crippen LogP contribution in [0, 0.1) is 6.92 Å². The van der Waals surface area contributed by atoms with Crippen molar-refractivity contribution < 1.29 is 22.7 Å². The summed E-state index contributed by atoms with van der Waals surface area (Å²) in [4.78, 5) is 37.0. The van der Waals surface area contributed by atoms with E-state index in [1.807, 2.05) is 16.9 Å². The van der Waals surface area contributed by atoms with Crippen LogP contribution in [-0.2, 0) is 15.7 Å². The second kappa shape index (κ2) is 7.40. The molecule has 5 heterocycles. The second-order valence-corrected chi connectivity index (χ2v) is 8.88. The van der Waals surface area contributed by atoms with E-state index in [1.54, 1.807) is 17.3 Å². The zero-order chi connectivity index (χ0) is 23.4. The molecule has 0 unspecified atom stereocenters. The van der Waals surface area contributed by atoms with Crippen LogP contribution >= 0.6 is 0 Å². The van der Waals surface area contributed by atoms with Gasteiger partial charge in [0.25, 0.3) is 11.5 Å². The third kappa shape index (κ3) is 3.79. The predicted molar refractivity (Wildman–Crippen MR) is 110 cm³/mol. The summed E-state index contributed by atoms with van der Waals surface area (Å²) >= 11 is 0. The van der Waals surface area contributed by atoms with Crippen LogP contribution < -0.4 is 15.8 Å². The number of amides is 1. The van der Waals surface area contributed by atoms with Crippen molar-refractivity contribution in [2.24, 2.45) is 0 Å². The number of ether oxygens (including phenoxy) is 1. The van der Waals surface area contributed by atoms with Gasteiger partial charge < -0.3 is 19.9 Å². The van der Waals surface area contributed by atoms with E-state index in [4.69, 9.17) is 4.74 Å². The summed E-state index contributed by atoms with van der Waals surface area (Å²) < 4.78 is 44.9. The van der Waals surface area contributed by atoms with Gasteiger partial charge in [-0.2, -0.15) is 18.3 Å². The van der Waals surface area contributed by atoms with Crippen molar-refractivity contribution in [1.82, 2.24) is 25.1 Å². The number of piperazine rings is 1. The fraction of sp³-hybridized carbons (Fsp3) is 0.550. The van der Waals surface area contributed by atoms with Crippen molar-refractivity contribution in [3.63, 3.8) is 0 Å². The number of halogens is 3. The highest BCUT2D eigenvalue weighted by atomic mass is 19.4. The van der Waals surface area contributed by atoms with Crippen LogP contribution in [0.25, 0.3) is 0 Å². The molecule has 1 amide bonds. The molecule has 4 fully saturated rings. The SMILES string of the molecule is Cc1cnc(N2CCN(C(=O)[C@]34C[C@](Nc5cc(C(F)(F)F)c(=O)[nH]n5)(CO3)C4)CC2)nc1. The first-order valence-corrected chi connectivity index (χ1v) is 10.5. The van der Waals surface area contributed by atoms with E-state index in [1.165, 1.54) is 0 Å². The number of alkyl halides is 3. The number of rotatable bonds is 4.